The number of benzene rings is 1. The van der Waals surface area contributed by atoms with Crippen molar-refractivity contribution in [2.75, 3.05) is 11.4 Å². The van der Waals surface area contributed by atoms with Crippen LogP contribution in [0.3, 0.4) is 0 Å². The number of ketones is 1. The van der Waals surface area contributed by atoms with Crippen molar-refractivity contribution in [1.29, 1.82) is 0 Å². The summed E-state index contributed by atoms with van der Waals surface area (Å²) < 4.78 is 0. The molecule has 0 unspecified atom stereocenters. The molecular formula is C17H20N2OS. The highest BCUT2D eigenvalue weighted by atomic mass is 32.1. The standard InChI is InChI=1S/C17H20N2OS/c1-4-19(12-8-6-5-7-9-12)16-18-13-10-17(2,3)11-14(20)15(13)21-16/h5-9H,4,10-11H2,1-3H3. The highest BCUT2D eigenvalue weighted by molar-refractivity contribution is 7.17. The molecule has 1 aromatic heterocycles. The van der Waals surface area contributed by atoms with Gasteiger partial charge in [0.15, 0.2) is 10.9 Å². The maximum Gasteiger partial charge on any atom is 0.190 e. The molecule has 3 nitrogen and oxygen atoms in total. The number of aromatic nitrogens is 1. The molecule has 0 spiro atoms. The lowest BCUT2D eigenvalue weighted by Crippen LogP contribution is -2.26. The number of carbonyl (C=O) groups excluding carboxylic acids is 1. The van der Waals surface area contributed by atoms with Gasteiger partial charge in [0.2, 0.25) is 0 Å². The van der Waals surface area contributed by atoms with Gasteiger partial charge in [0, 0.05) is 18.7 Å². The molecule has 21 heavy (non-hydrogen) atoms. The highest BCUT2D eigenvalue weighted by Crippen LogP contribution is 2.40. The van der Waals surface area contributed by atoms with Crippen molar-refractivity contribution >= 4 is 27.9 Å². The number of rotatable bonds is 3. The summed E-state index contributed by atoms with van der Waals surface area (Å²) in [4.78, 5) is 20.1. The second-order valence-corrected chi connectivity index (χ2v) is 7.27. The molecule has 1 aromatic carbocycles. The van der Waals surface area contributed by atoms with Gasteiger partial charge in [-0.15, -0.1) is 0 Å². The Morgan fingerprint density at radius 1 is 1.24 bits per heavy atom. The molecule has 110 valence electrons. The van der Waals surface area contributed by atoms with Crippen molar-refractivity contribution in [3.8, 4) is 0 Å². The number of thiazole rings is 1. The number of carbonyl (C=O) groups is 1. The normalized spacial score (nSPS) is 16.6. The second kappa shape index (κ2) is 5.26. The maximum atomic E-state index is 12.3. The molecule has 0 fully saturated rings. The van der Waals surface area contributed by atoms with Crippen LogP contribution in [-0.2, 0) is 6.42 Å². The number of hydrogen-bond donors (Lipinski definition) is 0. The van der Waals surface area contributed by atoms with Crippen molar-refractivity contribution in [2.45, 2.75) is 33.6 Å². The van der Waals surface area contributed by atoms with E-state index in [1.165, 1.54) is 11.3 Å². The van der Waals surface area contributed by atoms with Gasteiger partial charge in [0.25, 0.3) is 0 Å². The van der Waals surface area contributed by atoms with Crippen molar-refractivity contribution in [1.82, 2.24) is 4.98 Å². The van der Waals surface area contributed by atoms with Crippen LogP contribution in [0.2, 0.25) is 0 Å². The summed E-state index contributed by atoms with van der Waals surface area (Å²) in [6.45, 7) is 7.23. The molecule has 2 aromatic rings. The molecule has 1 heterocycles. The van der Waals surface area contributed by atoms with Gasteiger partial charge in [-0.2, -0.15) is 0 Å². The van der Waals surface area contributed by atoms with Gasteiger partial charge in [0.1, 0.15) is 0 Å². The van der Waals surface area contributed by atoms with E-state index in [9.17, 15) is 4.79 Å². The summed E-state index contributed by atoms with van der Waals surface area (Å²) in [6, 6.07) is 10.2. The summed E-state index contributed by atoms with van der Waals surface area (Å²) in [5.41, 5.74) is 2.13. The van der Waals surface area contributed by atoms with Crippen LogP contribution in [0.5, 0.6) is 0 Å². The van der Waals surface area contributed by atoms with E-state index in [1.807, 2.05) is 18.2 Å². The molecule has 0 N–H and O–H groups in total. The number of anilines is 2. The van der Waals surface area contributed by atoms with Crippen LogP contribution in [0.4, 0.5) is 10.8 Å². The van der Waals surface area contributed by atoms with Gasteiger partial charge in [-0.05, 0) is 30.9 Å². The Morgan fingerprint density at radius 2 is 1.95 bits per heavy atom. The fraction of sp³-hybridized carbons (Fsp3) is 0.412. The topological polar surface area (TPSA) is 33.2 Å². The van der Waals surface area contributed by atoms with Gasteiger partial charge in [0.05, 0.1) is 10.6 Å². The van der Waals surface area contributed by atoms with Crippen molar-refractivity contribution < 1.29 is 4.79 Å². The zero-order chi connectivity index (χ0) is 15.0. The average molecular weight is 300 g/mol. The van der Waals surface area contributed by atoms with E-state index in [2.05, 4.69) is 37.8 Å². The monoisotopic (exact) mass is 300 g/mol. The summed E-state index contributed by atoms with van der Waals surface area (Å²) in [7, 11) is 0. The van der Waals surface area contributed by atoms with E-state index in [0.717, 1.165) is 34.4 Å². The number of nitrogens with zero attached hydrogens (tertiary/aromatic N) is 2. The van der Waals surface area contributed by atoms with Crippen LogP contribution in [0, 0.1) is 5.41 Å². The fourth-order valence-corrected chi connectivity index (χ4v) is 3.96. The molecule has 0 saturated carbocycles. The lowest BCUT2D eigenvalue weighted by Gasteiger charge is -2.26. The van der Waals surface area contributed by atoms with Crippen LogP contribution in [0.25, 0.3) is 0 Å². The first-order valence-corrected chi connectivity index (χ1v) is 8.17. The predicted molar refractivity (Wildman–Crippen MR) is 87.7 cm³/mol. The fourth-order valence-electron chi connectivity index (χ4n) is 2.86. The first kappa shape index (κ1) is 14.3. The third-order valence-corrected chi connectivity index (χ3v) is 5.00. The minimum Gasteiger partial charge on any atom is -0.318 e. The van der Waals surface area contributed by atoms with E-state index < -0.39 is 0 Å². The van der Waals surface area contributed by atoms with Crippen LogP contribution in [0.1, 0.15) is 42.6 Å². The Bertz CT molecular complexity index is 661. The van der Waals surface area contributed by atoms with Gasteiger partial charge >= 0.3 is 0 Å². The smallest absolute Gasteiger partial charge is 0.190 e. The quantitative estimate of drug-likeness (QED) is 0.839. The average Bonchev–Trinajstić information content (AvgIpc) is 2.83. The lowest BCUT2D eigenvalue weighted by molar-refractivity contribution is 0.0916. The van der Waals surface area contributed by atoms with Crippen LogP contribution < -0.4 is 4.90 Å². The molecule has 0 atom stereocenters. The van der Waals surface area contributed by atoms with Gasteiger partial charge in [-0.1, -0.05) is 43.4 Å². The molecule has 3 rings (SSSR count). The van der Waals surface area contributed by atoms with Crippen LogP contribution in [-0.4, -0.2) is 17.3 Å². The first-order chi connectivity index (χ1) is 10.00. The molecule has 0 radical (unpaired) electrons. The van der Waals surface area contributed by atoms with Crippen molar-refractivity contribution in [2.24, 2.45) is 5.41 Å². The minimum absolute atomic E-state index is 0.0270. The maximum absolute atomic E-state index is 12.3. The second-order valence-electron chi connectivity index (χ2n) is 6.29. The van der Waals surface area contributed by atoms with Crippen molar-refractivity contribution in [3.63, 3.8) is 0 Å². The van der Waals surface area contributed by atoms with Crippen molar-refractivity contribution in [3.05, 3.63) is 40.9 Å². The van der Waals surface area contributed by atoms with Gasteiger partial charge in [-0.25, -0.2) is 4.98 Å². The summed E-state index contributed by atoms with van der Waals surface area (Å²) in [5.74, 6) is 0.245. The van der Waals surface area contributed by atoms with E-state index in [4.69, 9.17) is 4.98 Å². The highest BCUT2D eigenvalue weighted by Gasteiger charge is 2.34. The molecule has 0 amide bonds. The molecule has 0 saturated heterocycles. The summed E-state index contributed by atoms with van der Waals surface area (Å²) in [5, 5.41) is 0.930. The molecular weight excluding hydrogens is 280 g/mol. The SMILES string of the molecule is CCN(c1ccccc1)c1nc2c(s1)C(=O)CC(C)(C)C2. The van der Waals surface area contributed by atoms with Gasteiger partial charge < -0.3 is 4.90 Å². The third kappa shape index (κ3) is 2.72. The molecule has 1 aliphatic carbocycles. The summed E-state index contributed by atoms with van der Waals surface area (Å²) in [6.07, 6.45) is 1.51. The number of fused-ring (bicyclic) bond motifs is 1. The summed E-state index contributed by atoms with van der Waals surface area (Å²) >= 11 is 1.54. The Morgan fingerprint density at radius 3 is 2.62 bits per heavy atom. The zero-order valence-electron chi connectivity index (χ0n) is 12.7. The van der Waals surface area contributed by atoms with E-state index in [1.54, 1.807) is 0 Å². The van der Waals surface area contributed by atoms with Gasteiger partial charge in [-0.3, -0.25) is 4.79 Å². The third-order valence-electron chi connectivity index (χ3n) is 3.84. The number of hydrogen-bond acceptors (Lipinski definition) is 4. The Hall–Kier alpha value is -1.68. The number of para-hydroxylation sites is 1. The predicted octanol–water partition coefficient (Wildman–Crippen LogP) is 4.46. The van der Waals surface area contributed by atoms with E-state index in [0.29, 0.717) is 6.42 Å². The Balaban J connectivity index is 1.99. The minimum atomic E-state index is 0.0270. The van der Waals surface area contributed by atoms with Crippen LogP contribution in [0.15, 0.2) is 30.3 Å². The molecule has 4 heteroatoms. The van der Waals surface area contributed by atoms with Crippen LogP contribution >= 0.6 is 11.3 Å². The molecule has 0 bridgehead atoms. The van der Waals surface area contributed by atoms with E-state index >= 15 is 0 Å². The molecule has 0 aliphatic heterocycles. The van der Waals surface area contributed by atoms with E-state index in [-0.39, 0.29) is 11.2 Å². The lowest BCUT2D eigenvalue weighted by atomic mass is 9.78. The largest absolute Gasteiger partial charge is 0.318 e. The first-order valence-electron chi connectivity index (χ1n) is 7.36. The Labute approximate surface area is 129 Å². The zero-order valence-corrected chi connectivity index (χ0v) is 13.5. The Kier molecular flexibility index (Phi) is 3.57. The number of Topliss-reactive ketones (excluding diaryl/α,β-unsaturated/α-hetero) is 1. The molecule has 1 aliphatic rings.